The normalized spacial score (nSPS) is 13.9. The van der Waals surface area contributed by atoms with Crippen molar-refractivity contribution in [1.82, 2.24) is 14.9 Å². The van der Waals surface area contributed by atoms with E-state index in [2.05, 4.69) is 30.8 Å². The average molecular weight is 558 g/mol. The molecule has 0 radical (unpaired) electrons. The third kappa shape index (κ3) is 7.67. The molecule has 1 aliphatic rings. The minimum Gasteiger partial charge on any atom is -0.379 e. The number of carbonyl (C=O) groups is 2. The number of nitrogens with one attached hydrogen (secondary N) is 3. The molecule has 1 aromatic heterocycles. The number of aryl methyl sites for hydroxylation is 1. The number of carbonyl (C=O) groups excluding carboxylic acids is 2. The lowest BCUT2D eigenvalue weighted by atomic mass is 10.1. The van der Waals surface area contributed by atoms with Gasteiger partial charge in [0.15, 0.2) is 0 Å². The van der Waals surface area contributed by atoms with Crippen LogP contribution >= 0.6 is 0 Å². The highest BCUT2D eigenvalue weighted by molar-refractivity contribution is 6.05. The van der Waals surface area contributed by atoms with Crippen LogP contribution in [0.5, 0.6) is 0 Å². The zero-order valence-electron chi connectivity index (χ0n) is 22.1. The van der Waals surface area contributed by atoms with E-state index >= 15 is 0 Å². The van der Waals surface area contributed by atoms with Crippen LogP contribution < -0.4 is 20.9 Å². The predicted molar refractivity (Wildman–Crippen MR) is 146 cm³/mol. The van der Waals surface area contributed by atoms with Gasteiger partial charge in [0.2, 0.25) is 0 Å². The second kappa shape index (κ2) is 12.7. The summed E-state index contributed by atoms with van der Waals surface area (Å²) in [5, 5.41) is 8.60. The highest BCUT2D eigenvalue weighted by Gasteiger charge is 2.31. The van der Waals surface area contributed by atoms with Gasteiger partial charge in [0.05, 0.1) is 18.8 Å². The predicted octanol–water partition coefficient (Wildman–Crippen LogP) is 4.47. The lowest BCUT2D eigenvalue weighted by Crippen LogP contribution is -2.39. The Bertz CT molecular complexity index is 1350. The Morgan fingerprint density at radius 2 is 1.82 bits per heavy atom. The van der Waals surface area contributed by atoms with Crippen molar-refractivity contribution in [2.45, 2.75) is 13.1 Å². The number of morpholine rings is 1. The topological polar surface area (TPSA) is 112 Å². The molecule has 2 aromatic carbocycles. The summed E-state index contributed by atoms with van der Waals surface area (Å²) in [4.78, 5) is 37.6. The minimum absolute atomic E-state index is 0.140. The number of amides is 3. The maximum atomic E-state index is 13.0. The summed E-state index contributed by atoms with van der Waals surface area (Å²) < 4.78 is 44.4. The first-order valence-corrected chi connectivity index (χ1v) is 12.6. The zero-order chi connectivity index (χ0) is 28.7. The van der Waals surface area contributed by atoms with Crippen LogP contribution in [-0.2, 0) is 10.9 Å². The highest BCUT2D eigenvalue weighted by Crippen LogP contribution is 2.30. The van der Waals surface area contributed by atoms with Gasteiger partial charge in [0.25, 0.3) is 5.91 Å². The van der Waals surface area contributed by atoms with Gasteiger partial charge in [-0.2, -0.15) is 13.2 Å². The quantitative estimate of drug-likeness (QED) is 0.375. The molecule has 4 rings (SSSR count). The van der Waals surface area contributed by atoms with Crippen molar-refractivity contribution >= 4 is 34.9 Å². The Hall–Kier alpha value is -4.23. The molecule has 3 aromatic rings. The lowest BCUT2D eigenvalue weighted by molar-refractivity contribution is -0.137. The number of anilines is 4. The Labute approximate surface area is 229 Å². The summed E-state index contributed by atoms with van der Waals surface area (Å²) >= 11 is 0. The molecular weight excluding hydrogens is 527 g/mol. The molecule has 1 aliphatic heterocycles. The van der Waals surface area contributed by atoms with Crippen molar-refractivity contribution in [1.29, 1.82) is 0 Å². The molecule has 0 atom stereocenters. The third-order valence-electron chi connectivity index (χ3n) is 6.33. The van der Waals surface area contributed by atoms with Crippen molar-refractivity contribution in [2.75, 3.05) is 67.3 Å². The van der Waals surface area contributed by atoms with Gasteiger partial charge < -0.3 is 20.7 Å². The standard InChI is InChI=1S/C27H30F3N7O3/c1-18-6-7-21(34-25(38)19-4-3-5-20(14-19)27(28,29)30)15-22(18)35-26(39)36(2)24-16-23(32-17-33-24)31-8-9-37-10-12-40-13-11-37/h3-7,14-17H,8-13H2,1-2H3,(H,34,38)(H,35,39)(H,31,32,33). The van der Waals surface area contributed by atoms with E-state index in [0.29, 0.717) is 35.1 Å². The fourth-order valence-electron chi connectivity index (χ4n) is 3.97. The van der Waals surface area contributed by atoms with Crippen molar-refractivity contribution < 1.29 is 27.5 Å². The Kier molecular flexibility index (Phi) is 9.17. The van der Waals surface area contributed by atoms with Crippen molar-refractivity contribution in [3.05, 3.63) is 71.5 Å². The van der Waals surface area contributed by atoms with Gasteiger partial charge in [-0.1, -0.05) is 12.1 Å². The van der Waals surface area contributed by atoms with Crippen molar-refractivity contribution in [2.24, 2.45) is 0 Å². The molecule has 212 valence electrons. The second-order valence-corrected chi connectivity index (χ2v) is 9.19. The Balaban J connectivity index is 1.37. The zero-order valence-corrected chi connectivity index (χ0v) is 22.1. The molecule has 13 heteroatoms. The average Bonchev–Trinajstić information content (AvgIpc) is 2.94. The van der Waals surface area contributed by atoms with Gasteiger partial charge in [0, 0.05) is 56.2 Å². The molecule has 3 N–H and O–H groups in total. The monoisotopic (exact) mass is 557 g/mol. The molecule has 10 nitrogen and oxygen atoms in total. The number of benzene rings is 2. The van der Waals surface area contributed by atoms with Crippen molar-refractivity contribution in [3.63, 3.8) is 0 Å². The Morgan fingerprint density at radius 3 is 2.58 bits per heavy atom. The third-order valence-corrected chi connectivity index (χ3v) is 6.33. The second-order valence-electron chi connectivity index (χ2n) is 9.19. The summed E-state index contributed by atoms with van der Waals surface area (Å²) in [7, 11) is 1.56. The van der Waals surface area contributed by atoms with E-state index in [-0.39, 0.29) is 5.56 Å². The van der Waals surface area contributed by atoms with Gasteiger partial charge >= 0.3 is 12.2 Å². The fourth-order valence-corrected chi connectivity index (χ4v) is 3.97. The lowest BCUT2D eigenvalue weighted by Gasteiger charge is -2.26. The summed E-state index contributed by atoms with van der Waals surface area (Å²) in [6.45, 7) is 6.49. The van der Waals surface area contributed by atoms with Gasteiger partial charge in [-0.3, -0.25) is 14.6 Å². The number of aromatic nitrogens is 2. The summed E-state index contributed by atoms with van der Waals surface area (Å²) in [6, 6.07) is 10.1. The first-order valence-electron chi connectivity index (χ1n) is 12.6. The smallest absolute Gasteiger partial charge is 0.379 e. The van der Waals surface area contributed by atoms with Crippen LogP contribution in [0.25, 0.3) is 0 Å². The molecule has 0 unspecified atom stereocenters. The van der Waals surface area contributed by atoms with E-state index in [1.165, 1.54) is 29.4 Å². The fraction of sp³-hybridized carbons (Fsp3) is 0.333. The first kappa shape index (κ1) is 28.8. The molecular formula is C27H30F3N7O3. The SMILES string of the molecule is Cc1ccc(NC(=O)c2cccc(C(F)(F)F)c2)cc1NC(=O)N(C)c1cc(NCCN2CCOCC2)ncn1. The van der Waals surface area contributed by atoms with Crippen LogP contribution in [0.2, 0.25) is 0 Å². The van der Waals surface area contributed by atoms with E-state index in [1.54, 1.807) is 32.2 Å². The van der Waals surface area contributed by atoms with Crippen LogP contribution in [0.3, 0.4) is 0 Å². The van der Waals surface area contributed by atoms with Crippen molar-refractivity contribution in [3.8, 4) is 0 Å². The van der Waals surface area contributed by atoms with Crippen LogP contribution in [0.15, 0.2) is 54.9 Å². The number of nitrogens with zero attached hydrogens (tertiary/aromatic N) is 4. The molecule has 1 fully saturated rings. The number of ether oxygens (including phenoxy) is 1. The largest absolute Gasteiger partial charge is 0.416 e. The molecule has 0 saturated carbocycles. The number of alkyl halides is 3. The molecule has 40 heavy (non-hydrogen) atoms. The number of hydrogen-bond acceptors (Lipinski definition) is 7. The van der Waals surface area contributed by atoms with E-state index in [0.717, 1.165) is 45.0 Å². The van der Waals surface area contributed by atoms with Gasteiger partial charge in [0.1, 0.15) is 18.0 Å². The summed E-state index contributed by atoms with van der Waals surface area (Å²) in [6.07, 6.45) is -3.20. The van der Waals surface area contributed by atoms with Crippen LogP contribution in [0.1, 0.15) is 21.5 Å². The molecule has 3 amide bonds. The Morgan fingerprint density at radius 1 is 1.05 bits per heavy atom. The van der Waals surface area contributed by atoms with Gasteiger partial charge in [-0.25, -0.2) is 14.8 Å². The minimum atomic E-state index is -4.56. The van der Waals surface area contributed by atoms with E-state index in [1.807, 2.05) is 0 Å². The molecule has 0 spiro atoms. The van der Waals surface area contributed by atoms with Crippen LogP contribution in [0, 0.1) is 6.92 Å². The summed E-state index contributed by atoms with van der Waals surface area (Å²) in [5.74, 6) is 0.236. The summed E-state index contributed by atoms with van der Waals surface area (Å²) in [5.41, 5.74) is 0.377. The number of urea groups is 1. The van der Waals surface area contributed by atoms with Crippen LogP contribution in [-0.4, -0.2) is 73.2 Å². The maximum Gasteiger partial charge on any atom is 0.416 e. The first-order chi connectivity index (χ1) is 19.1. The van der Waals surface area contributed by atoms with Gasteiger partial charge in [-0.15, -0.1) is 0 Å². The number of halogens is 3. The van der Waals surface area contributed by atoms with Gasteiger partial charge in [-0.05, 0) is 42.8 Å². The van der Waals surface area contributed by atoms with E-state index in [4.69, 9.17) is 4.74 Å². The van der Waals surface area contributed by atoms with E-state index in [9.17, 15) is 22.8 Å². The maximum absolute atomic E-state index is 13.0. The molecule has 1 saturated heterocycles. The van der Waals surface area contributed by atoms with Crippen LogP contribution in [0.4, 0.5) is 41.0 Å². The molecule has 0 bridgehead atoms. The molecule has 0 aliphatic carbocycles. The van der Waals surface area contributed by atoms with E-state index < -0.39 is 23.7 Å². The number of rotatable bonds is 8. The number of hydrogen-bond donors (Lipinski definition) is 3. The highest BCUT2D eigenvalue weighted by atomic mass is 19.4. The molecule has 2 heterocycles.